The number of carbonyl (C=O) groups is 1. The molecule has 8 heteroatoms. The molecular weight excluding hydrogens is 450 g/mol. The van der Waals surface area contributed by atoms with Crippen LogP contribution >= 0.6 is 0 Å². The van der Waals surface area contributed by atoms with Gasteiger partial charge in [-0.25, -0.2) is 13.8 Å². The van der Waals surface area contributed by atoms with Crippen LogP contribution < -0.4 is 15.0 Å². The molecule has 1 amide bonds. The van der Waals surface area contributed by atoms with E-state index in [9.17, 15) is 13.6 Å². The number of carbonyl (C=O) groups excluding carboxylic acids is 1. The molecule has 0 fully saturated rings. The highest BCUT2D eigenvalue weighted by Gasteiger charge is 2.24. The molecule has 0 aliphatic carbocycles. The van der Waals surface area contributed by atoms with Crippen LogP contribution in [-0.4, -0.2) is 22.4 Å². The van der Waals surface area contributed by atoms with Crippen molar-refractivity contribution in [3.05, 3.63) is 113 Å². The molecule has 5 rings (SSSR count). The fraction of sp³-hybridized carbons (Fsp3) is 0.148. The van der Waals surface area contributed by atoms with Crippen LogP contribution in [0.3, 0.4) is 0 Å². The van der Waals surface area contributed by atoms with Crippen molar-refractivity contribution in [1.82, 2.24) is 15.3 Å². The molecule has 6 nitrogen and oxygen atoms in total. The van der Waals surface area contributed by atoms with Gasteiger partial charge in [-0.3, -0.25) is 4.79 Å². The standard InChI is InChI=1S/C27H22F2N4O2/c28-21-10-8-18(9-11-21)17-35-26-23(25(34)30-15-19-4-3-6-22(29)14-19)16-31-27(32-26)33-13-12-20-5-1-2-7-24(20)33/h1-11,14,16H,12-13,15,17H2,(H,30,34). The molecule has 1 aliphatic heterocycles. The zero-order chi connectivity index (χ0) is 24.2. The Balaban J connectivity index is 1.41. The van der Waals surface area contributed by atoms with Crippen molar-refractivity contribution < 1.29 is 18.3 Å². The Kier molecular flexibility index (Phi) is 6.34. The van der Waals surface area contributed by atoms with Crippen LogP contribution in [0.25, 0.3) is 0 Å². The Bertz CT molecular complexity index is 1360. The Hall–Kier alpha value is -4.33. The summed E-state index contributed by atoms with van der Waals surface area (Å²) in [6.45, 7) is 0.939. The monoisotopic (exact) mass is 472 g/mol. The predicted molar refractivity (Wildman–Crippen MR) is 127 cm³/mol. The number of fused-ring (bicyclic) bond motifs is 1. The molecule has 3 aromatic carbocycles. The van der Waals surface area contributed by atoms with Crippen LogP contribution in [0, 0.1) is 11.6 Å². The van der Waals surface area contributed by atoms with Crippen LogP contribution in [0.2, 0.25) is 0 Å². The molecule has 1 aromatic heterocycles. The van der Waals surface area contributed by atoms with Gasteiger partial charge in [0.15, 0.2) is 0 Å². The minimum atomic E-state index is -0.447. The third-order valence-electron chi connectivity index (χ3n) is 5.75. The number of hydrogen-bond acceptors (Lipinski definition) is 5. The average Bonchev–Trinajstić information content (AvgIpc) is 3.31. The van der Waals surface area contributed by atoms with Crippen LogP contribution in [0.5, 0.6) is 5.88 Å². The lowest BCUT2D eigenvalue weighted by atomic mass is 10.2. The molecule has 0 saturated carbocycles. The van der Waals surface area contributed by atoms with Gasteiger partial charge in [0.05, 0.1) is 0 Å². The normalized spacial score (nSPS) is 12.3. The SMILES string of the molecule is O=C(NCc1cccc(F)c1)c1cnc(N2CCc3ccccc32)nc1OCc1ccc(F)cc1. The summed E-state index contributed by atoms with van der Waals surface area (Å²) in [5, 5.41) is 2.76. The molecule has 4 aromatic rings. The number of ether oxygens (including phenoxy) is 1. The molecule has 1 aliphatic rings. The summed E-state index contributed by atoms with van der Waals surface area (Å²) < 4.78 is 32.7. The summed E-state index contributed by atoms with van der Waals surface area (Å²) in [5.74, 6) is -0.634. The molecule has 0 spiro atoms. The number of nitrogens with one attached hydrogen (secondary N) is 1. The van der Waals surface area contributed by atoms with Crippen molar-refractivity contribution in [3.63, 3.8) is 0 Å². The quantitative estimate of drug-likeness (QED) is 0.412. The lowest BCUT2D eigenvalue weighted by molar-refractivity contribution is 0.0945. The number of benzene rings is 3. The van der Waals surface area contributed by atoms with E-state index in [2.05, 4.69) is 21.4 Å². The number of hydrogen-bond donors (Lipinski definition) is 1. The van der Waals surface area contributed by atoms with E-state index in [1.165, 1.54) is 36.0 Å². The van der Waals surface area contributed by atoms with Gasteiger partial charge in [-0.1, -0.05) is 42.5 Å². The third kappa shape index (κ3) is 5.11. The zero-order valence-corrected chi connectivity index (χ0v) is 18.7. The van der Waals surface area contributed by atoms with Gasteiger partial charge in [0, 0.05) is 25.0 Å². The zero-order valence-electron chi connectivity index (χ0n) is 18.7. The van der Waals surface area contributed by atoms with Crippen LogP contribution in [0.4, 0.5) is 20.4 Å². The van der Waals surface area contributed by atoms with E-state index >= 15 is 0 Å². The first-order chi connectivity index (χ1) is 17.1. The van der Waals surface area contributed by atoms with E-state index in [1.807, 2.05) is 23.1 Å². The molecule has 176 valence electrons. The van der Waals surface area contributed by atoms with E-state index in [0.29, 0.717) is 18.1 Å². The first-order valence-corrected chi connectivity index (χ1v) is 11.2. The fourth-order valence-electron chi connectivity index (χ4n) is 3.96. The first kappa shape index (κ1) is 22.5. The van der Waals surface area contributed by atoms with E-state index < -0.39 is 5.91 Å². The van der Waals surface area contributed by atoms with Gasteiger partial charge in [-0.2, -0.15) is 4.98 Å². The summed E-state index contributed by atoms with van der Waals surface area (Å²) in [6, 6.07) is 19.9. The maximum Gasteiger partial charge on any atom is 0.258 e. The van der Waals surface area contributed by atoms with Gasteiger partial charge in [0.2, 0.25) is 11.8 Å². The van der Waals surface area contributed by atoms with Crippen molar-refractivity contribution in [3.8, 4) is 5.88 Å². The van der Waals surface area contributed by atoms with E-state index in [-0.39, 0.29) is 36.2 Å². The topological polar surface area (TPSA) is 67.4 Å². The highest BCUT2D eigenvalue weighted by atomic mass is 19.1. The van der Waals surface area contributed by atoms with Gasteiger partial charge >= 0.3 is 0 Å². The van der Waals surface area contributed by atoms with Crippen LogP contribution in [0.15, 0.2) is 79.0 Å². The molecule has 0 radical (unpaired) electrons. The number of rotatable bonds is 7. The van der Waals surface area contributed by atoms with E-state index in [1.54, 1.807) is 24.3 Å². The molecular formula is C27H22F2N4O2. The predicted octanol–water partition coefficient (Wildman–Crippen LogP) is 4.96. The number of amides is 1. The Morgan fingerprint density at radius 2 is 1.80 bits per heavy atom. The smallest absolute Gasteiger partial charge is 0.258 e. The largest absolute Gasteiger partial charge is 0.472 e. The second kappa shape index (κ2) is 9.89. The Morgan fingerprint density at radius 1 is 0.971 bits per heavy atom. The van der Waals surface area contributed by atoms with Crippen molar-refractivity contribution in [2.24, 2.45) is 0 Å². The maximum atomic E-state index is 13.5. The van der Waals surface area contributed by atoms with Crippen LogP contribution in [-0.2, 0) is 19.6 Å². The second-order valence-electron chi connectivity index (χ2n) is 8.15. The highest BCUT2D eigenvalue weighted by molar-refractivity contribution is 5.96. The second-order valence-corrected chi connectivity index (χ2v) is 8.15. The minimum absolute atomic E-state index is 0.0947. The first-order valence-electron chi connectivity index (χ1n) is 11.2. The molecule has 1 N–H and O–H groups in total. The highest BCUT2D eigenvalue weighted by Crippen LogP contribution is 2.33. The van der Waals surface area contributed by atoms with Crippen molar-refractivity contribution in [2.75, 3.05) is 11.4 Å². The van der Waals surface area contributed by atoms with Crippen molar-refractivity contribution >= 4 is 17.5 Å². The summed E-state index contributed by atoms with van der Waals surface area (Å²) in [6.07, 6.45) is 2.30. The van der Waals surface area contributed by atoms with E-state index in [4.69, 9.17) is 4.74 Å². The summed E-state index contributed by atoms with van der Waals surface area (Å²) in [5.41, 5.74) is 3.71. The number of aromatic nitrogens is 2. The lowest BCUT2D eigenvalue weighted by Crippen LogP contribution is -2.25. The number of para-hydroxylation sites is 1. The summed E-state index contributed by atoms with van der Waals surface area (Å²) >= 11 is 0. The van der Waals surface area contributed by atoms with Crippen molar-refractivity contribution in [2.45, 2.75) is 19.6 Å². The molecule has 35 heavy (non-hydrogen) atoms. The molecule has 0 atom stereocenters. The molecule has 2 heterocycles. The summed E-state index contributed by atoms with van der Waals surface area (Å²) in [4.78, 5) is 24.0. The molecule has 0 saturated heterocycles. The summed E-state index contributed by atoms with van der Waals surface area (Å²) in [7, 11) is 0. The van der Waals surface area contributed by atoms with Crippen molar-refractivity contribution in [1.29, 1.82) is 0 Å². The molecule has 0 unspecified atom stereocenters. The van der Waals surface area contributed by atoms with E-state index in [0.717, 1.165) is 17.7 Å². The van der Waals surface area contributed by atoms with Gasteiger partial charge in [-0.05, 0) is 53.4 Å². The third-order valence-corrected chi connectivity index (χ3v) is 5.75. The number of nitrogens with zero attached hydrogens (tertiary/aromatic N) is 3. The molecule has 0 bridgehead atoms. The van der Waals surface area contributed by atoms with Crippen LogP contribution in [0.1, 0.15) is 27.0 Å². The fourth-order valence-corrected chi connectivity index (χ4v) is 3.96. The van der Waals surface area contributed by atoms with Gasteiger partial charge in [-0.15, -0.1) is 0 Å². The lowest BCUT2D eigenvalue weighted by Gasteiger charge is -2.19. The van der Waals surface area contributed by atoms with Gasteiger partial charge < -0.3 is 15.0 Å². The maximum absolute atomic E-state index is 13.5. The average molecular weight is 472 g/mol. The Morgan fingerprint density at radius 3 is 2.63 bits per heavy atom. The van der Waals surface area contributed by atoms with Gasteiger partial charge in [0.1, 0.15) is 23.8 Å². The number of halogens is 2. The van der Waals surface area contributed by atoms with Gasteiger partial charge in [0.25, 0.3) is 5.91 Å². The Labute approximate surface area is 201 Å². The number of anilines is 2. The minimum Gasteiger partial charge on any atom is -0.472 e.